The fourth-order valence-corrected chi connectivity index (χ4v) is 2.34. The summed E-state index contributed by atoms with van der Waals surface area (Å²) in [5.41, 5.74) is 6.63. The minimum Gasteiger partial charge on any atom is -0.327 e. The van der Waals surface area contributed by atoms with Gasteiger partial charge in [-0.3, -0.25) is 4.79 Å². The van der Waals surface area contributed by atoms with E-state index in [0.717, 1.165) is 6.42 Å². The van der Waals surface area contributed by atoms with Crippen molar-refractivity contribution in [2.24, 2.45) is 11.1 Å². The van der Waals surface area contributed by atoms with E-state index in [0.29, 0.717) is 15.7 Å². The number of hydrogen-bond donors (Lipinski definition) is 2. The highest BCUT2D eigenvalue weighted by molar-refractivity contribution is 6.36. The number of anilines is 1. The summed E-state index contributed by atoms with van der Waals surface area (Å²) in [5.74, 6) is -0.138. The van der Waals surface area contributed by atoms with Crippen LogP contribution >= 0.6 is 23.2 Å². The van der Waals surface area contributed by atoms with Crippen LogP contribution in [-0.2, 0) is 4.79 Å². The van der Waals surface area contributed by atoms with E-state index in [2.05, 4.69) is 26.1 Å². The normalized spacial score (nSPS) is 13.2. The van der Waals surface area contributed by atoms with Gasteiger partial charge in [0.15, 0.2) is 0 Å². The van der Waals surface area contributed by atoms with Gasteiger partial charge in [0, 0.05) is 17.5 Å². The fourth-order valence-electron chi connectivity index (χ4n) is 1.89. The van der Waals surface area contributed by atoms with E-state index in [-0.39, 0.29) is 23.8 Å². The van der Waals surface area contributed by atoms with Crippen molar-refractivity contribution in [3.8, 4) is 0 Å². The van der Waals surface area contributed by atoms with Gasteiger partial charge in [-0.15, -0.1) is 0 Å². The predicted molar refractivity (Wildman–Crippen MR) is 81.8 cm³/mol. The number of hydrogen-bond acceptors (Lipinski definition) is 2. The zero-order valence-electron chi connectivity index (χ0n) is 11.5. The van der Waals surface area contributed by atoms with E-state index in [9.17, 15) is 4.79 Å². The quantitative estimate of drug-likeness (QED) is 0.880. The number of rotatable bonds is 4. The van der Waals surface area contributed by atoms with Gasteiger partial charge in [0.2, 0.25) is 5.91 Å². The summed E-state index contributed by atoms with van der Waals surface area (Å²) in [4.78, 5) is 11.9. The fraction of sp³-hybridized carbons (Fsp3) is 0.500. The molecule has 0 aromatic heterocycles. The summed E-state index contributed by atoms with van der Waals surface area (Å²) in [6.07, 6.45) is 1.06. The molecule has 0 bridgehead atoms. The molecule has 0 spiro atoms. The van der Waals surface area contributed by atoms with Crippen molar-refractivity contribution >= 4 is 34.8 Å². The molecule has 3 nitrogen and oxygen atoms in total. The Bertz CT molecular complexity index is 455. The van der Waals surface area contributed by atoms with E-state index in [4.69, 9.17) is 28.9 Å². The number of nitrogens with two attached hydrogens (primary N) is 1. The van der Waals surface area contributed by atoms with Crippen LogP contribution in [0.15, 0.2) is 18.2 Å². The third-order valence-electron chi connectivity index (χ3n) is 2.53. The predicted octanol–water partition coefficient (Wildman–Crippen LogP) is 4.09. The SMILES string of the molecule is CC(C)(C)CC(N)CC(=O)Nc1ccc(Cl)cc1Cl. The Morgan fingerprint density at radius 2 is 2.00 bits per heavy atom. The van der Waals surface area contributed by atoms with Gasteiger partial charge in [0.05, 0.1) is 10.7 Å². The Labute approximate surface area is 124 Å². The molecule has 0 heterocycles. The van der Waals surface area contributed by atoms with Gasteiger partial charge in [0.25, 0.3) is 0 Å². The van der Waals surface area contributed by atoms with Crippen LogP contribution in [0.2, 0.25) is 10.0 Å². The van der Waals surface area contributed by atoms with Gasteiger partial charge in [-0.1, -0.05) is 44.0 Å². The molecular weight excluding hydrogens is 283 g/mol. The van der Waals surface area contributed by atoms with Crippen LogP contribution in [0.5, 0.6) is 0 Å². The molecule has 5 heteroatoms. The van der Waals surface area contributed by atoms with Gasteiger partial charge in [-0.2, -0.15) is 0 Å². The van der Waals surface area contributed by atoms with Crippen LogP contribution in [-0.4, -0.2) is 11.9 Å². The van der Waals surface area contributed by atoms with Gasteiger partial charge >= 0.3 is 0 Å². The van der Waals surface area contributed by atoms with Crippen molar-refractivity contribution in [2.45, 2.75) is 39.7 Å². The highest BCUT2D eigenvalue weighted by Gasteiger charge is 2.18. The first-order valence-electron chi connectivity index (χ1n) is 6.18. The van der Waals surface area contributed by atoms with E-state index in [1.54, 1.807) is 18.2 Å². The lowest BCUT2D eigenvalue weighted by Gasteiger charge is -2.22. The van der Waals surface area contributed by atoms with Crippen molar-refractivity contribution in [1.82, 2.24) is 0 Å². The molecule has 1 rings (SSSR count). The average Bonchev–Trinajstić information content (AvgIpc) is 2.19. The first kappa shape index (κ1) is 16.3. The Kier molecular flexibility index (Phi) is 5.65. The minimum atomic E-state index is -0.161. The van der Waals surface area contributed by atoms with E-state index < -0.39 is 0 Å². The molecule has 1 aromatic carbocycles. The molecule has 0 aliphatic carbocycles. The van der Waals surface area contributed by atoms with Crippen LogP contribution in [0.3, 0.4) is 0 Å². The molecular formula is C14H20Cl2N2O. The molecule has 3 N–H and O–H groups in total. The van der Waals surface area contributed by atoms with Crippen molar-refractivity contribution in [1.29, 1.82) is 0 Å². The Morgan fingerprint density at radius 3 is 2.53 bits per heavy atom. The van der Waals surface area contributed by atoms with Crippen LogP contribution in [0.4, 0.5) is 5.69 Å². The number of carbonyl (C=O) groups excluding carboxylic acids is 1. The van der Waals surface area contributed by atoms with Crippen LogP contribution < -0.4 is 11.1 Å². The van der Waals surface area contributed by atoms with Crippen molar-refractivity contribution in [2.75, 3.05) is 5.32 Å². The zero-order chi connectivity index (χ0) is 14.6. The molecule has 1 amide bonds. The summed E-state index contributed by atoms with van der Waals surface area (Å²) in [6, 6.07) is 4.79. The molecule has 19 heavy (non-hydrogen) atoms. The monoisotopic (exact) mass is 302 g/mol. The molecule has 106 valence electrons. The van der Waals surface area contributed by atoms with Crippen LogP contribution in [0.25, 0.3) is 0 Å². The molecule has 0 aliphatic rings. The maximum atomic E-state index is 11.9. The van der Waals surface area contributed by atoms with E-state index >= 15 is 0 Å². The number of carbonyl (C=O) groups is 1. The van der Waals surface area contributed by atoms with E-state index in [1.165, 1.54) is 0 Å². The summed E-state index contributed by atoms with van der Waals surface area (Å²) in [6.45, 7) is 6.29. The lowest BCUT2D eigenvalue weighted by molar-refractivity contribution is -0.116. The van der Waals surface area contributed by atoms with Gasteiger partial charge in [-0.25, -0.2) is 0 Å². The highest BCUT2D eigenvalue weighted by atomic mass is 35.5. The number of nitrogens with one attached hydrogen (secondary N) is 1. The van der Waals surface area contributed by atoms with Gasteiger partial charge < -0.3 is 11.1 Å². The molecule has 0 aliphatic heterocycles. The van der Waals surface area contributed by atoms with E-state index in [1.807, 2.05) is 0 Å². The summed E-state index contributed by atoms with van der Waals surface area (Å²) < 4.78 is 0. The maximum Gasteiger partial charge on any atom is 0.225 e. The molecule has 0 saturated carbocycles. The Hall–Kier alpha value is -0.770. The number of amides is 1. The largest absolute Gasteiger partial charge is 0.327 e. The molecule has 1 aromatic rings. The smallest absolute Gasteiger partial charge is 0.225 e. The first-order valence-corrected chi connectivity index (χ1v) is 6.93. The number of benzene rings is 1. The summed E-state index contributed by atoms with van der Waals surface area (Å²) in [7, 11) is 0. The second kappa shape index (κ2) is 6.60. The topological polar surface area (TPSA) is 55.1 Å². The molecule has 0 fully saturated rings. The van der Waals surface area contributed by atoms with Crippen molar-refractivity contribution < 1.29 is 4.79 Å². The van der Waals surface area contributed by atoms with Crippen LogP contribution in [0.1, 0.15) is 33.6 Å². The molecule has 0 radical (unpaired) electrons. The lowest BCUT2D eigenvalue weighted by Crippen LogP contribution is -2.31. The third-order valence-corrected chi connectivity index (χ3v) is 3.08. The van der Waals surface area contributed by atoms with Crippen molar-refractivity contribution in [3.63, 3.8) is 0 Å². The summed E-state index contributed by atoms with van der Waals surface area (Å²) in [5, 5.41) is 3.70. The maximum absolute atomic E-state index is 11.9. The second-order valence-electron chi connectivity index (χ2n) is 5.90. The third kappa shape index (κ3) is 6.28. The Balaban J connectivity index is 2.56. The average molecular weight is 303 g/mol. The van der Waals surface area contributed by atoms with Crippen molar-refractivity contribution in [3.05, 3.63) is 28.2 Å². The summed E-state index contributed by atoms with van der Waals surface area (Å²) >= 11 is 11.8. The zero-order valence-corrected chi connectivity index (χ0v) is 13.0. The lowest BCUT2D eigenvalue weighted by atomic mass is 9.87. The second-order valence-corrected chi connectivity index (χ2v) is 6.74. The van der Waals surface area contributed by atoms with Crippen LogP contribution in [0, 0.1) is 5.41 Å². The highest BCUT2D eigenvalue weighted by Crippen LogP contribution is 2.26. The molecule has 1 unspecified atom stereocenters. The Morgan fingerprint density at radius 1 is 1.37 bits per heavy atom. The van der Waals surface area contributed by atoms with Gasteiger partial charge in [-0.05, 0) is 30.0 Å². The molecule has 0 saturated heterocycles. The number of halogens is 2. The minimum absolute atomic E-state index is 0.109. The first-order chi connectivity index (χ1) is 8.67. The molecule has 1 atom stereocenters. The standard InChI is InChI=1S/C14H20Cl2N2O/c1-14(2,3)8-10(17)7-13(19)18-12-5-4-9(15)6-11(12)16/h4-6,10H,7-8,17H2,1-3H3,(H,18,19). The van der Waals surface area contributed by atoms with Gasteiger partial charge in [0.1, 0.15) is 0 Å².